The third-order valence-corrected chi connectivity index (χ3v) is 3.84. The predicted molar refractivity (Wildman–Crippen MR) is 69.1 cm³/mol. The van der Waals surface area contributed by atoms with Crippen LogP contribution in [-0.2, 0) is 5.60 Å². The molecule has 0 aliphatic heterocycles. The van der Waals surface area contributed by atoms with Crippen LogP contribution in [-0.4, -0.2) is 11.2 Å². The lowest BCUT2D eigenvalue weighted by Crippen LogP contribution is -2.29. The average molecular weight is 234 g/mol. The largest absolute Gasteiger partial charge is 0.490 e. The van der Waals surface area contributed by atoms with Crippen LogP contribution in [0.3, 0.4) is 0 Å². The summed E-state index contributed by atoms with van der Waals surface area (Å²) in [5.74, 6) is 1.16. The van der Waals surface area contributed by atoms with Gasteiger partial charge in [0.05, 0.1) is 11.7 Å². The van der Waals surface area contributed by atoms with Crippen LogP contribution in [0.5, 0.6) is 5.75 Å². The van der Waals surface area contributed by atoms with E-state index in [0.29, 0.717) is 6.10 Å². The van der Waals surface area contributed by atoms with Crippen LogP contribution in [0.4, 0.5) is 0 Å². The number of hydrogen-bond donors (Lipinski definition) is 1. The summed E-state index contributed by atoms with van der Waals surface area (Å²) in [5, 5.41) is 10.5. The zero-order valence-electron chi connectivity index (χ0n) is 10.9. The van der Waals surface area contributed by atoms with E-state index in [2.05, 4.69) is 13.8 Å². The smallest absolute Gasteiger partial charge is 0.119 e. The van der Waals surface area contributed by atoms with Gasteiger partial charge in [0.1, 0.15) is 5.75 Å². The Kier molecular flexibility index (Phi) is 3.43. The first-order chi connectivity index (χ1) is 8.04. The lowest BCUT2D eigenvalue weighted by atomic mass is 9.82. The van der Waals surface area contributed by atoms with Gasteiger partial charge in [-0.15, -0.1) is 0 Å². The first-order valence-corrected chi connectivity index (χ1v) is 6.53. The topological polar surface area (TPSA) is 29.5 Å². The van der Waals surface area contributed by atoms with Gasteiger partial charge in [-0.25, -0.2) is 0 Å². The van der Waals surface area contributed by atoms with Crippen LogP contribution >= 0.6 is 0 Å². The lowest BCUT2D eigenvalue weighted by molar-refractivity contribution is -0.0000184. The molecular weight excluding hydrogens is 212 g/mol. The zero-order valence-corrected chi connectivity index (χ0v) is 10.9. The molecule has 2 unspecified atom stereocenters. The molecular formula is C15H22O2. The highest BCUT2D eigenvalue weighted by Gasteiger charge is 2.29. The predicted octanol–water partition coefficient (Wildman–Crippen LogP) is 3.48. The molecule has 17 heavy (non-hydrogen) atoms. The molecule has 1 N–H and O–H groups in total. The van der Waals surface area contributed by atoms with E-state index in [9.17, 15) is 5.11 Å². The van der Waals surface area contributed by atoms with E-state index >= 15 is 0 Å². The van der Waals surface area contributed by atoms with Crippen molar-refractivity contribution in [2.75, 3.05) is 0 Å². The second-order valence-electron chi connectivity index (χ2n) is 5.30. The number of benzene rings is 1. The van der Waals surface area contributed by atoms with Crippen molar-refractivity contribution >= 4 is 0 Å². The van der Waals surface area contributed by atoms with Crippen molar-refractivity contribution in [1.29, 1.82) is 0 Å². The molecule has 0 amide bonds. The fraction of sp³-hybridized carbons (Fsp3) is 0.600. The van der Waals surface area contributed by atoms with E-state index in [4.69, 9.17) is 4.74 Å². The standard InChI is InChI=1S/C15H22O2/c1-4-11(2)15(3,16)12-5-7-13(8-6-12)17-14-9-10-14/h5-8,11,14,16H,4,9-10H2,1-3H3. The molecule has 0 spiro atoms. The average Bonchev–Trinajstić information content (AvgIpc) is 3.12. The van der Waals surface area contributed by atoms with Gasteiger partial charge >= 0.3 is 0 Å². The number of rotatable bonds is 5. The molecule has 1 fully saturated rings. The van der Waals surface area contributed by atoms with Gasteiger partial charge in [0.15, 0.2) is 0 Å². The Labute approximate surface area is 104 Å². The molecule has 0 aromatic heterocycles. The van der Waals surface area contributed by atoms with Gasteiger partial charge < -0.3 is 9.84 Å². The molecule has 1 aromatic rings. The summed E-state index contributed by atoms with van der Waals surface area (Å²) >= 11 is 0. The summed E-state index contributed by atoms with van der Waals surface area (Å²) < 4.78 is 5.70. The second kappa shape index (κ2) is 4.69. The molecule has 1 saturated carbocycles. The molecule has 2 rings (SSSR count). The molecule has 0 radical (unpaired) electrons. The minimum absolute atomic E-state index is 0.248. The van der Waals surface area contributed by atoms with E-state index in [0.717, 1.165) is 17.7 Å². The number of aliphatic hydroxyl groups is 1. The monoisotopic (exact) mass is 234 g/mol. The van der Waals surface area contributed by atoms with Crippen LogP contribution in [0.25, 0.3) is 0 Å². The SMILES string of the molecule is CCC(C)C(C)(O)c1ccc(OC2CC2)cc1. The third-order valence-electron chi connectivity index (χ3n) is 3.84. The molecule has 94 valence electrons. The number of ether oxygens (including phenoxy) is 1. The summed E-state index contributed by atoms with van der Waals surface area (Å²) in [6, 6.07) is 7.88. The Morgan fingerprint density at radius 2 is 1.94 bits per heavy atom. The lowest BCUT2D eigenvalue weighted by Gasteiger charge is -2.30. The molecule has 2 atom stereocenters. The minimum Gasteiger partial charge on any atom is -0.490 e. The minimum atomic E-state index is -0.757. The van der Waals surface area contributed by atoms with Crippen molar-refractivity contribution < 1.29 is 9.84 Å². The Bertz CT molecular complexity index is 363. The van der Waals surface area contributed by atoms with Crippen LogP contribution in [0.2, 0.25) is 0 Å². The van der Waals surface area contributed by atoms with Gasteiger partial charge in [0.2, 0.25) is 0 Å². The van der Waals surface area contributed by atoms with Crippen LogP contribution in [0.15, 0.2) is 24.3 Å². The second-order valence-corrected chi connectivity index (χ2v) is 5.30. The molecule has 1 aliphatic rings. The molecule has 0 heterocycles. The first kappa shape index (κ1) is 12.4. The Hall–Kier alpha value is -1.02. The van der Waals surface area contributed by atoms with Gasteiger partial charge in [0.25, 0.3) is 0 Å². The molecule has 0 bridgehead atoms. The summed E-state index contributed by atoms with van der Waals surface area (Å²) in [6.45, 7) is 6.07. The van der Waals surface area contributed by atoms with E-state index in [1.807, 2.05) is 31.2 Å². The van der Waals surface area contributed by atoms with E-state index in [-0.39, 0.29) is 5.92 Å². The molecule has 1 aliphatic carbocycles. The molecule has 0 saturated heterocycles. The maximum atomic E-state index is 10.5. The van der Waals surface area contributed by atoms with Crippen molar-refractivity contribution in [3.63, 3.8) is 0 Å². The summed E-state index contributed by atoms with van der Waals surface area (Å²) in [6.07, 6.45) is 3.74. The van der Waals surface area contributed by atoms with Crippen LogP contribution in [0.1, 0.15) is 45.6 Å². The zero-order chi connectivity index (χ0) is 12.5. The molecule has 2 nitrogen and oxygen atoms in total. The van der Waals surface area contributed by atoms with Crippen molar-refractivity contribution in [3.05, 3.63) is 29.8 Å². The van der Waals surface area contributed by atoms with Crippen molar-refractivity contribution in [2.24, 2.45) is 5.92 Å². The maximum Gasteiger partial charge on any atom is 0.119 e. The third kappa shape index (κ3) is 2.81. The summed E-state index contributed by atoms with van der Waals surface area (Å²) in [4.78, 5) is 0. The fourth-order valence-electron chi connectivity index (χ4n) is 1.93. The van der Waals surface area contributed by atoms with E-state index in [1.54, 1.807) is 0 Å². The quantitative estimate of drug-likeness (QED) is 0.845. The number of hydrogen-bond acceptors (Lipinski definition) is 2. The van der Waals surface area contributed by atoms with E-state index < -0.39 is 5.60 Å². The fourth-order valence-corrected chi connectivity index (χ4v) is 1.93. The summed E-state index contributed by atoms with van der Waals surface area (Å²) in [5.41, 5.74) is 0.211. The van der Waals surface area contributed by atoms with Gasteiger partial charge in [-0.2, -0.15) is 0 Å². The first-order valence-electron chi connectivity index (χ1n) is 6.53. The van der Waals surface area contributed by atoms with Crippen molar-refractivity contribution in [2.45, 2.75) is 51.7 Å². The van der Waals surface area contributed by atoms with Gasteiger partial charge in [-0.3, -0.25) is 0 Å². The van der Waals surface area contributed by atoms with Crippen molar-refractivity contribution in [3.8, 4) is 5.75 Å². The summed E-state index contributed by atoms with van der Waals surface area (Å²) in [7, 11) is 0. The van der Waals surface area contributed by atoms with Crippen LogP contribution in [0, 0.1) is 5.92 Å². The van der Waals surface area contributed by atoms with E-state index in [1.165, 1.54) is 12.8 Å². The highest BCUT2D eigenvalue weighted by molar-refractivity contribution is 5.31. The highest BCUT2D eigenvalue weighted by Crippen LogP contribution is 2.33. The van der Waals surface area contributed by atoms with Gasteiger partial charge in [-0.05, 0) is 43.4 Å². The Balaban J connectivity index is 2.10. The molecule has 2 heteroatoms. The van der Waals surface area contributed by atoms with Crippen molar-refractivity contribution in [1.82, 2.24) is 0 Å². The van der Waals surface area contributed by atoms with Gasteiger partial charge in [-0.1, -0.05) is 32.4 Å². The normalized spacial score (nSPS) is 20.7. The van der Waals surface area contributed by atoms with Gasteiger partial charge in [0, 0.05) is 0 Å². The van der Waals surface area contributed by atoms with Crippen LogP contribution < -0.4 is 4.74 Å². The Morgan fingerprint density at radius 3 is 2.41 bits per heavy atom. The molecule has 1 aromatic carbocycles. The maximum absolute atomic E-state index is 10.5. The Morgan fingerprint density at radius 1 is 1.35 bits per heavy atom. The highest BCUT2D eigenvalue weighted by atomic mass is 16.5.